The Morgan fingerprint density at radius 1 is 0.455 bits per heavy atom. The monoisotopic (exact) mass is 936 g/mol. The van der Waals surface area contributed by atoms with E-state index in [1.54, 1.807) is 0 Å². The Bertz CT molecular complexity index is 1510. The Morgan fingerprint density at radius 2 is 0.782 bits per heavy atom. The van der Waals surface area contributed by atoms with Crippen molar-refractivity contribution in [3.05, 3.63) is 30.8 Å². The van der Waals surface area contributed by atoms with Crippen LogP contribution in [0.5, 0.6) is 11.5 Å². The molecule has 0 unspecified atom stereocenters. The predicted molar refractivity (Wildman–Crippen MR) is 251 cm³/mol. The molecule has 0 amide bonds. The van der Waals surface area contributed by atoms with Crippen LogP contribution in [0.25, 0.3) is 31.9 Å². The van der Waals surface area contributed by atoms with Gasteiger partial charge in [0, 0.05) is 9.75 Å². The predicted octanol–water partition coefficient (Wildman–Crippen LogP) is 18.0. The number of thiophene rings is 2. The summed E-state index contributed by atoms with van der Waals surface area (Å²) in [4.78, 5) is 2.38. The highest BCUT2D eigenvalue weighted by Crippen LogP contribution is 2.54. The van der Waals surface area contributed by atoms with E-state index in [4.69, 9.17) is 18.2 Å². The second kappa shape index (κ2) is 27.6. The smallest absolute Gasteiger partial charge is 0.172 e. The molecule has 0 saturated heterocycles. The molecule has 0 atom stereocenters. The highest BCUT2D eigenvalue weighted by atomic mass is 79.9. The maximum Gasteiger partial charge on any atom is 0.172 e. The highest BCUT2D eigenvalue weighted by molar-refractivity contribution is 9.11. The average Bonchev–Trinajstić information content (AvgIpc) is 3.91. The van der Waals surface area contributed by atoms with Gasteiger partial charge < -0.3 is 9.47 Å². The van der Waals surface area contributed by atoms with Gasteiger partial charge in [-0.1, -0.05) is 156 Å². The first-order chi connectivity index (χ1) is 27.0. The van der Waals surface area contributed by atoms with Gasteiger partial charge in [-0.05, 0) is 93.6 Å². The molecular formula is C46H70Br2N2O2S3. The number of nitrogens with zero attached hydrogens (tertiary/aromatic N) is 2. The molecule has 0 fully saturated rings. The van der Waals surface area contributed by atoms with E-state index in [2.05, 4.69) is 71.7 Å². The van der Waals surface area contributed by atoms with Crippen LogP contribution in [0.1, 0.15) is 193 Å². The number of benzene rings is 1. The Kier molecular flexibility index (Phi) is 23.5. The summed E-state index contributed by atoms with van der Waals surface area (Å²) in [5, 5.41) is 0. The van der Waals surface area contributed by atoms with E-state index >= 15 is 0 Å². The van der Waals surface area contributed by atoms with Gasteiger partial charge in [0.1, 0.15) is 11.0 Å². The summed E-state index contributed by atoms with van der Waals surface area (Å²) in [7, 11) is 0. The van der Waals surface area contributed by atoms with E-state index in [0.717, 1.165) is 59.3 Å². The normalized spacial score (nSPS) is 11.7. The molecule has 9 heteroatoms. The lowest BCUT2D eigenvalue weighted by atomic mass is 10.0. The number of halogens is 2. The summed E-state index contributed by atoms with van der Waals surface area (Å²) in [5.41, 5.74) is 6.75. The molecule has 4 aromatic rings. The van der Waals surface area contributed by atoms with Crippen LogP contribution in [-0.4, -0.2) is 22.0 Å². The molecule has 55 heavy (non-hydrogen) atoms. The largest absolute Gasteiger partial charge is 0.489 e. The van der Waals surface area contributed by atoms with Gasteiger partial charge in [-0.2, -0.15) is 8.75 Å². The minimum Gasteiger partial charge on any atom is -0.489 e. The molecule has 0 aliphatic heterocycles. The summed E-state index contributed by atoms with van der Waals surface area (Å²) in [6.07, 6.45) is 32.5. The molecule has 3 aromatic heterocycles. The third-order valence-electron chi connectivity index (χ3n) is 10.7. The maximum absolute atomic E-state index is 7.01. The fraction of sp³-hybridized carbons (Fsp3) is 0.696. The standard InChI is InChI=1S/C46H70Br2N2O2S3/c1-5-9-13-17-21-25-29-35-33-37(53-45(35)47)39-41-42(50-55-49-41)40(38-34-36(46(48)54-38)30-26-22-18-14-10-6-2)44(52-32-28-24-20-16-12-8-4)43(39)51-31-27-23-19-15-11-7-3/h33-34H,5-32H2,1-4H3. The van der Waals surface area contributed by atoms with Crippen LogP contribution in [0.15, 0.2) is 19.7 Å². The van der Waals surface area contributed by atoms with Crippen LogP contribution < -0.4 is 9.47 Å². The zero-order chi connectivity index (χ0) is 39.1. The van der Waals surface area contributed by atoms with Crippen molar-refractivity contribution in [2.24, 2.45) is 0 Å². The number of unbranched alkanes of at least 4 members (excludes halogenated alkanes) is 20. The van der Waals surface area contributed by atoms with E-state index in [1.165, 1.54) is 181 Å². The van der Waals surface area contributed by atoms with E-state index in [1.807, 2.05) is 22.7 Å². The summed E-state index contributed by atoms with van der Waals surface area (Å²) < 4.78 is 26.5. The van der Waals surface area contributed by atoms with Gasteiger partial charge in [0.25, 0.3) is 0 Å². The van der Waals surface area contributed by atoms with Crippen molar-refractivity contribution < 1.29 is 9.47 Å². The Balaban J connectivity index is 1.73. The molecule has 4 nitrogen and oxygen atoms in total. The third kappa shape index (κ3) is 15.3. The summed E-state index contributed by atoms with van der Waals surface area (Å²) in [6.45, 7) is 10.5. The fourth-order valence-corrected chi connectivity index (χ4v) is 11.6. The molecule has 0 radical (unpaired) electrons. The lowest BCUT2D eigenvalue weighted by Crippen LogP contribution is -2.06. The van der Waals surface area contributed by atoms with E-state index in [0.29, 0.717) is 13.2 Å². The lowest BCUT2D eigenvalue weighted by molar-refractivity contribution is 0.260. The van der Waals surface area contributed by atoms with Crippen molar-refractivity contribution in [2.45, 2.75) is 195 Å². The lowest BCUT2D eigenvalue weighted by Gasteiger charge is -2.20. The van der Waals surface area contributed by atoms with Crippen LogP contribution in [0.3, 0.4) is 0 Å². The third-order valence-corrected chi connectivity index (χ3v) is 15.2. The van der Waals surface area contributed by atoms with E-state index in [9.17, 15) is 0 Å². The van der Waals surface area contributed by atoms with Gasteiger partial charge >= 0.3 is 0 Å². The number of fused-ring (bicyclic) bond motifs is 1. The molecule has 4 rings (SSSR count). The molecular weight excluding hydrogens is 869 g/mol. The van der Waals surface area contributed by atoms with Crippen molar-refractivity contribution in [3.63, 3.8) is 0 Å². The van der Waals surface area contributed by atoms with Crippen molar-refractivity contribution >= 4 is 77.3 Å². The minimum absolute atomic E-state index is 0.670. The van der Waals surface area contributed by atoms with Gasteiger partial charge in [0.05, 0.1) is 43.6 Å². The van der Waals surface area contributed by atoms with Gasteiger partial charge in [0.15, 0.2) is 11.5 Å². The molecule has 0 N–H and O–H groups in total. The minimum atomic E-state index is 0.670. The molecule has 1 aromatic carbocycles. The molecule has 0 aliphatic rings. The first-order valence-electron chi connectivity index (χ1n) is 22.2. The van der Waals surface area contributed by atoms with E-state index in [-0.39, 0.29) is 0 Å². The Morgan fingerprint density at radius 3 is 1.15 bits per heavy atom. The zero-order valence-electron chi connectivity index (χ0n) is 34.6. The molecule has 3 heterocycles. The fourth-order valence-electron chi connectivity index (χ4n) is 7.40. The van der Waals surface area contributed by atoms with Crippen LogP contribution in [0, 0.1) is 0 Å². The summed E-state index contributed by atoms with van der Waals surface area (Å²) in [6, 6.07) is 4.79. The van der Waals surface area contributed by atoms with Crippen molar-refractivity contribution in [2.75, 3.05) is 13.2 Å². The van der Waals surface area contributed by atoms with Crippen molar-refractivity contribution in [3.8, 4) is 32.4 Å². The SMILES string of the molecule is CCCCCCCCOc1c(OCCCCCCCC)c(-c2cc(CCCCCCCC)c(Br)s2)c2nsnc2c1-c1cc(CCCCCCCC)c(Br)s1. The molecule has 0 saturated carbocycles. The molecule has 308 valence electrons. The van der Waals surface area contributed by atoms with Gasteiger partial charge in [-0.3, -0.25) is 0 Å². The van der Waals surface area contributed by atoms with Crippen LogP contribution in [-0.2, 0) is 12.8 Å². The van der Waals surface area contributed by atoms with Gasteiger partial charge in [-0.25, -0.2) is 0 Å². The molecule has 0 bridgehead atoms. The topological polar surface area (TPSA) is 44.2 Å². The quantitative estimate of drug-likeness (QED) is 0.0458. The van der Waals surface area contributed by atoms with Crippen LogP contribution >= 0.6 is 66.3 Å². The Hall–Kier alpha value is -1.000. The van der Waals surface area contributed by atoms with E-state index < -0.39 is 0 Å². The van der Waals surface area contributed by atoms with Crippen molar-refractivity contribution in [1.82, 2.24) is 8.75 Å². The number of aryl methyl sites for hydroxylation is 2. The average molecular weight is 939 g/mol. The second-order valence-corrected chi connectivity index (χ2v) is 20.7. The first kappa shape index (κ1) is 46.7. The van der Waals surface area contributed by atoms with Crippen LogP contribution in [0.4, 0.5) is 0 Å². The maximum atomic E-state index is 7.01. The van der Waals surface area contributed by atoms with Crippen LogP contribution in [0.2, 0.25) is 0 Å². The second-order valence-electron chi connectivity index (χ2n) is 15.5. The van der Waals surface area contributed by atoms with Crippen molar-refractivity contribution in [1.29, 1.82) is 0 Å². The molecule has 0 aliphatic carbocycles. The number of hydrogen-bond donors (Lipinski definition) is 0. The number of aromatic nitrogens is 2. The molecule has 0 spiro atoms. The van der Waals surface area contributed by atoms with Gasteiger partial charge in [0.2, 0.25) is 0 Å². The number of rotatable bonds is 32. The number of ether oxygens (including phenoxy) is 2. The first-order valence-corrected chi connectivity index (χ1v) is 26.1. The highest BCUT2D eigenvalue weighted by Gasteiger charge is 2.29. The summed E-state index contributed by atoms with van der Waals surface area (Å²) in [5.74, 6) is 1.72. The Labute approximate surface area is 364 Å². The summed E-state index contributed by atoms with van der Waals surface area (Å²) >= 11 is 12.9. The number of hydrogen-bond acceptors (Lipinski definition) is 7. The van der Waals surface area contributed by atoms with Gasteiger partial charge in [-0.15, -0.1) is 22.7 Å². The zero-order valence-corrected chi connectivity index (χ0v) is 40.3.